The lowest BCUT2D eigenvalue weighted by Gasteiger charge is -1.96. The van der Waals surface area contributed by atoms with Gasteiger partial charge in [0.15, 0.2) is 11.6 Å². The van der Waals surface area contributed by atoms with Gasteiger partial charge < -0.3 is 5.32 Å². The second kappa shape index (κ2) is 5.63. The Morgan fingerprint density at radius 3 is 2.76 bits per heavy atom. The Labute approximate surface area is 132 Å². The molecule has 0 unspecified atom stereocenters. The van der Waals surface area contributed by atoms with Crippen LogP contribution in [0.25, 0.3) is 16.6 Å². The predicted molar refractivity (Wildman–Crippen MR) is 83.8 cm³/mol. The van der Waals surface area contributed by atoms with Crippen molar-refractivity contribution in [2.24, 2.45) is 0 Å². The Hall–Kier alpha value is -1.64. The number of hydrogen-bond donors (Lipinski definition) is 1. The molecule has 2 aromatic rings. The third kappa shape index (κ3) is 3.02. The van der Waals surface area contributed by atoms with E-state index >= 15 is 0 Å². The number of nitrogens with one attached hydrogen (secondary N) is 1. The summed E-state index contributed by atoms with van der Waals surface area (Å²) in [7, 11) is 0. The van der Waals surface area contributed by atoms with E-state index in [9.17, 15) is 13.6 Å². The van der Waals surface area contributed by atoms with Gasteiger partial charge in [0.05, 0.1) is 4.91 Å². The van der Waals surface area contributed by atoms with Crippen molar-refractivity contribution in [3.63, 3.8) is 0 Å². The second-order valence-electron chi connectivity index (χ2n) is 4.05. The first-order valence-electron chi connectivity index (χ1n) is 5.69. The van der Waals surface area contributed by atoms with Crippen LogP contribution < -0.4 is 5.32 Å². The first-order chi connectivity index (χ1) is 10.0. The molecule has 1 fully saturated rings. The van der Waals surface area contributed by atoms with Crippen LogP contribution in [0.4, 0.5) is 8.78 Å². The van der Waals surface area contributed by atoms with Gasteiger partial charge in [0.1, 0.15) is 9.33 Å². The summed E-state index contributed by atoms with van der Waals surface area (Å²) >= 11 is 7.36. The van der Waals surface area contributed by atoms with Crippen LogP contribution in [0.5, 0.6) is 0 Å². The summed E-state index contributed by atoms with van der Waals surface area (Å²) in [5, 5.41) is 3.07. The van der Waals surface area contributed by atoms with E-state index < -0.39 is 11.6 Å². The van der Waals surface area contributed by atoms with Crippen molar-refractivity contribution < 1.29 is 13.6 Å². The maximum atomic E-state index is 13.2. The molecule has 21 heavy (non-hydrogen) atoms. The van der Waals surface area contributed by atoms with E-state index in [-0.39, 0.29) is 5.91 Å². The van der Waals surface area contributed by atoms with Gasteiger partial charge in [-0.3, -0.25) is 4.79 Å². The Balaban J connectivity index is 1.90. The third-order valence-corrected chi connectivity index (χ3v) is 4.76. The second-order valence-corrected chi connectivity index (χ2v) is 6.83. The van der Waals surface area contributed by atoms with E-state index in [1.807, 2.05) is 0 Å². The lowest BCUT2D eigenvalue weighted by atomic mass is 10.2. The highest BCUT2D eigenvalue weighted by atomic mass is 32.2. The molecule has 0 bridgehead atoms. The van der Waals surface area contributed by atoms with Crippen molar-refractivity contribution in [2.75, 3.05) is 0 Å². The van der Waals surface area contributed by atoms with Gasteiger partial charge in [-0.1, -0.05) is 24.0 Å². The number of rotatable bonds is 2. The molecular weight excluding hydrogens is 334 g/mol. The van der Waals surface area contributed by atoms with Gasteiger partial charge >= 0.3 is 0 Å². The molecule has 1 amide bonds. The fourth-order valence-electron chi connectivity index (χ4n) is 1.67. The van der Waals surface area contributed by atoms with Gasteiger partial charge in [-0.15, -0.1) is 11.3 Å². The number of amides is 1. The van der Waals surface area contributed by atoms with E-state index in [0.29, 0.717) is 19.8 Å². The lowest BCUT2D eigenvalue weighted by Crippen LogP contribution is -2.17. The van der Waals surface area contributed by atoms with Crippen LogP contribution in [0.15, 0.2) is 29.3 Å². The molecule has 1 N–H and O–H groups in total. The Kier molecular flexibility index (Phi) is 3.83. The van der Waals surface area contributed by atoms with Gasteiger partial charge in [-0.05, 0) is 24.3 Å². The first-order valence-corrected chi connectivity index (χ1v) is 7.73. The van der Waals surface area contributed by atoms with Crippen LogP contribution in [0.2, 0.25) is 0 Å². The number of carbonyl (C=O) groups is 1. The highest BCUT2D eigenvalue weighted by molar-refractivity contribution is 8.26. The Morgan fingerprint density at radius 1 is 1.29 bits per heavy atom. The van der Waals surface area contributed by atoms with E-state index in [2.05, 4.69) is 10.3 Å². The lowest BCUT2D eigenvalue weighted by molar-refractivity contribution is -0.115. The first kappa shape index (κ1) is 14.3. The summed E-state index contributed by atoms with van der Waals surface area (Å²) in [6, 6.07) is 3.61. The molecule has 106 valence electrons. The molecule has 2 heterocycles. The zero-order valence-electron chi connectivity index (χ0n) is 10.2. The zero-order valence-corrected chi connectivity index (χ0v) is 12.7. The molecule has 0 aliphatic carbocycles. The van der Waals surface area contributed by atoms with Crippen molar-refractivity contribution in [1.82, 2.24) is 10.3 Å². The number of thiazole rings is 1. The average Bonchev–Trinajstić information content (AvgIpc) is 3.01. The van der Waals surface area contributed by atoms with Crippen molar-refractivity contribution in [3.8, 4) is 10.6 Å². The summed E-state index contributed by atoms with van der Waals surface area (Å²) in [4.78, 5) is 16.9. The number of carbonyl (C=O) groups excluding carboxylic acids is 1. The van der Waals surface area contributed by atoms with Crippen molar-refractivity contribution in [3.05, 3.63) is 45.8 Å². The van der Waals surface area contributed by atoms with E-state index in [1.165, 1.54) is 29.2 Å². The van der Waals surface area contributed by atoms with Crippen molar-refractivity contribution in [2.45, 2.75) is 0 Å². The molecule has 0 atom stereocenters. The van der Waals surface area contributed by atoms with Crippen LogP contribution in [0.3, 0.4) is 0 Å². The molecule has 0 radical (unpaired) electrons. The Bertz CT molecular complexity index is 785. The summed E-state index contributed by atoms with van der Waals surface area (Å²) in [6.07, 6.45) is 3.24. The molecule has 3 nitrogen and oxygen atoms in total. The van der Waals surface area contributed by atoms with E-state index in [0.717, 1.165) is 17.0 Å². The number of halogens is 2. The quantitative estimate of drug-likeness (QED) is 0.670. The standard InChI is InChI=1S/C13H6F2N2OS3/c14-8-2-1-6(3-9(8)15)12-16-5-7(20-12)4-10-11(18)17-13(19)21-10/h1-5H,(H,17,18,19)/b10-4-. The van der Waals surface area contributed by atoms with Crippen LogP contribution in [0, 0.1) is 11.6 Å². The number of aromatic nitrogens is 1. The smallest absolute Gasteiger partial charge is 0.263 e. The summed E-state index contributed by atoms with van der Waals surface area (Å²) in [5.41, 5.74) is 0.489. The summed E-state index contributed by atoms with van der Waals surface area (Å²) in [5.74, 6) is -2.06. The molecule has 1 saturated heterocycles. The molecular formula is C13H6F2N2OS3. The minimum absolute atomic E-state index is 0.243. The maximum absolute atomic E-state index is 13.2. The fraction of sp³-hybridized carbons (Fsp3) is 0. The monoisotopic (exact) mass is 340 g/mol. The van der Waals surface area contributed by atoms with E-state index in [4.69, 9.17) is 12.2 Å². The van der Waals surface area contributed by atoms with Gasteiger partial charge in [0, 0.05) is 16.6 Å². The largest absolute Gasteiger partial charge is 0.307 e. The van der Waals surface area contributed by atoms with Gasteiger partial charge in [-0.2, -0.15) is 0 Å². The van der Waals surface area contributed by atoms with Crippen molar-refractivity contribution in [1.29, 1.82) is 0 Å². The average molecular weight is 340 g/mol. The SMILES string of the molecule is O=C1NC(=S)S/C1=C\c1cnc(-c2ccc(F)c(F)c2)s1. The van der Waals surface area contributed by atoms with Gasteiger partial charge in [-0.25, -0.2) is 13.8 Å². The predicted octanol–water partition coefficient (Wildman–Crippen LogP) is 3.58. The molecule has 1 aromatic carbocycles. The fourth-order valence-corrected chi connectivity index (χ4v) is 3.63. The van der Waals surface area contributed by atoms with Crippen LogP contribution in [-0.4, -0.2) is 15.2 Å². The number of thioether (sulfide) groups is 1. The topological polar surface area (TPSA) is 42.0 Å². The number of nitrogens with zero attached hydrogens (tertiary/aromatic N) is 1. The zero-order chi connectivity index (χ0) is 15.0. The van der Waals surface area contributed by atoms with E-state index in [1.54, 1.807) is 12.3 Å². The molecule has 3 rings (SSSR count). The van der Waals surface area contributed by atoms with Crippen LogP contribution in [0.1, 0.15) is 4.88 Å². The highest BCUT2D eigenvalue weighted by Crippen LogP contribution is 2.31. The number of hydrogen-bond acceptors (Lipinski definition) is 5. The molecule has 0 spiro atoms. The molecule has 1 aliphatic rings. The molecule has 0 saturated carbocycles. The normalized spacial score (nSPS) is 16.6. The molecule has 1 aliphatic heterocycles. The minimum atomic E-state index is -0.918. The van der Waals surface area contributed by atoms with Gasteiger partial charge in [0.25, 0.3) is 5.91 Å². The maximum Gasteiger partial charge on any atom is 0.263 e. The van der Waals surface area contributed by atoms with Gasteiger partial charge in [0.2, 0.25) is 0 Å². The van der Waals surface area contributed by atoms with Crippen LogP contribution in [-0.2, 0) is 4.79 Å². The summed E-state index contributed by atoms with van der Waals surface area (Å²) in [6.45, 7) is 0. The molecule has 1 aromatic heterocycles. The number of benzene rings is 1. The highest BCUT2D eigenvalue weighted by Gasteiger charge is 2.22. The summed E-state index contributed by atoms with van der Waals surface area (Å²) < 4.78 is 26.5. The van der Waals surface area contributed by atoms with Crippen LogP contribution >= 0.6 is 35.3 Å². The number of thiocarbonyl (C=S) groups is 1. The third-order valence-electron chi connectivity index (χ3n) is 2.61. The minimum Gasteiger partial charge on any atom is -0.307 e. The molecule has 8 heteroatoms. The Morgan fingerprint density at radius 2 is 2.10 bits per heavy atom. The van der Waals surface area contributed by atoms with Crippen molar-refractivity contribution >= 4 is 51.6 Å².